The lowest BCUT2D eigenvalue weighted by Gasteiger charge is -2.12. The van der Waals surface area contributed by atoms with Crippen LogP contribution in [-0.4, -0.2) is 33.1 Å². The van der Waals surface area contributed by atoms with Gasteiger partial charge in [-0.05, 0) is 19.1 Å². The maximum Gasteiger partial charge on any atom is 0.360 e. The van der Waals surface area contributed by atoms with E-state index in [2.05, 4.69) is 15.5 Å². The van der Waals surface area contributed by atoms with Crippen molar-refractivity contribution in [3.63, 3.8) is 0 Å². The number of carbonyl (C=O) groups excluding carboxylic acids is 2. The summed E-state index contributed by atoms with van der Waals surface area (Å²) in [5.41, 5.74) is 0.830. The van der Waals surface area contributed by atoms with Crippen molar-refractivity contribution in [2.45, 2.75) is 13.0 Å². The summed E-state index contributed by atoms with van der Waals surface area (Å²) >= 11 is 0. The largest absolute Gasteiger partial charge is 0.448 e. The Morgan fingerprint density at radius 2 is 2.00 bits per heavy atom. The van der Waals surface area contributed by atoms with Crippen LogP contribution in [0.5, 0.6) is 0 Å². The van der Waals surface area contributed by atoms with Gasteiger partial charge in [-0.3, -0.25) is 20.0 Å². The molecule has 0 aliphatic carbocycles. The van der Waals surface area contributed by atoms with Gasteiger partial charge in [0.1, 0.15) is 0 Å². The highest BCUT2D eigenvalue weighted by atomic mass is 16.6. The molecule has 1 amide bonds. The first-order chi connectivity index (χ1) is 12.5. The molecule has 1 heterocycles. The molecule has 0 radical (unpaired) electrons. The number of nitro benzene ring substituents is 1. The summed E-state index contributed by atoms with van der Waals surface area (Å²) in [6, 6.07) is 12.5. The lowest BCUT2D eigenvalue weighted by atomic mass is 10.2. The van der Waals surface area contributed by atoms with E-state index in [0.717, 1.165) is 0 Å². The number of carbonyl (C=O) groups is 2. The number of amides is 1. The molecule has 132 valence electrons. The van der Waals surface area contributed by atoms with Gasteiger partial charge in [0.2, 0.25) is 0 Å². The lowest BCUT2D eigenvalue weighted by Crippen LogP contribution is -2.30. The zero-order valence-electron chi connectivity index (χ0n) is 13.6. The molecule has 0 spiro atoms. The standard InChI is InChI=1S/C17H14N4O5/c1-10(16(22)18-11-5-4-6-12(9-11)21(24)25)26-17(23)15-13-7-2-3-8-14(13)19-20-15/h2-10H,1H3,(H,18,22)(H,19,20). The Bertz CT molecular complexity index is 997. The van der Waals surface area contributed by atoms with Crippen LogP contribution in [0.25, 0.3) is 10.9 Å². The number of aromatic amines is 1. The molecule has 0 fully saturated rings. The third kappa shape index (κ3) is 3.51. The van der Waals surface area contributed by atoms with Crippen molar-refractivity contribution in [2.24, 2.45) is 0 Å². The number of benzene rings is 2. The van der Waals surface area contributed by atoms with Crippen molar-refractivity contribution in [2.75, 3.05) is 5.32 Å². The number of aromatic nitrogens is 2. The lowest BCUT2D eigenvalue weighted by molar-refractivity contribution is -0.384. The van der Waals surface area contributed by atoms with Gasteiger partial charge in [0.15, 0.2) is 11.8 Å². The van der Waals surface area contributed by atoms with Crippen molar-refractivity contribution in [3.8, 4) is 0 Å². The van der Waals surface area contributed by atoms with Crippen molar-refractivity contribution < 1.29 is 19.2 Å². The Balaban J connectivity index is 1.68. The number of ether oxygens (including phenoxy) is 1. The van der Waals surface area contributed by atoms with Gasteiger partial charge < -0.3 is 10.1 Å². The fraction of sp³-hybridized carbons (Fsp3) is 0.118. The monoisotopic (exact) mass is 354 g/mol. The van der Waals surface area contributed by atoms with E-state index in [9.17, 15) is 19.7 Å². The predicted octanol–water partition coefficient (Wildman–Crippen LogP) is 2.66. The Morgan fingerprint density at radius 1 is 1.23 bits per heavy atom. The van der Waals surface area contributed by atoms with Crippen LogP contribution in [0.1, 0.15) is 17.4 Å². The summed E-state index contributed by atoms with van der Waals surface area (Å²) in [4.78, 5) is 34.6. The topological polar surface area (TPSA) is 127 Å². The van der Waals surface area contributed by atoms with Gasteiger partial charge in [-0.25, -0.2) is 4.79 Å². The van der Waals surface area contributed by atoms with E-state index in [1.54, 1.807) is 24.3 Å². The summed E-state index contributed by atoms with van der Waals surface area (Å²) in [5.74, 6) is -1.36. The van der Waals surface area contributed by atoms with Crippen molar-refractivity contribution in [1.29, 1.82) is 0 Å². The average Bonchev–Trinajstić information content (AvgIpc) is 3.06. The van der Waals surface area contributed by atoms with Crippen LogP contribution in [0.15, 0.2) is 48.5 Å². The van der Waals surface area contributed by atoms with Gasteiger partial charge in [0.05, 0.1) is 10.4 Å². The Kier molecular flexibility index (Phi) is 4.61. The zero-order valence-corrected chi connectivity index (χ0v) is 13.6. The molecule has 2 N–H and O–H groups in total. The first-order valence-electron chi connectivity index (χ1n) is 7.65. The zero-order chi connectivity index (χ0) is 18.7. The number of hydrogen-bond acceptors (Lipinski definition) is 6. The minimum absolute atomic E-state index is 0.0793. The summed E-state index contributed by atoms with van der Waals surface area (Å²) in [6.07, 6.45) is -1.11. The second-order valence-electron chi connectivity index (χ2n) is 5.46. The maximum absolute atomic E-state index is 12.3. The van der Waals surface area contributed by atoms with E-state index in [1.807, 2.05) is 0 Å². The molecule has 26 heavy (non-hydrogen) atoms. The Morgan fingerprint density at radius 3 is 2.77 bits per heavy atom. The minimum atomic E-state index is -1.11. The van der Waals surface area contributed by atoms with E-state index in [1.165, 1.54) is 31.2 Å². The molecule has 0 saturated carbocycles. The summed E-state index contributed by atoms with van der Waals surface area (Å²) in [5, 5.41) is 20.5. The van der Waals surface area contributed by atoms with Gasteiger partial charge in [0.25, 0.3) is 11.6 Å². The molecular weight excluding hydrogens is 340 g/mol. The summed E-state index contributed by atoms with van der Waals surface area (Å²) < 4.78 is 5.15. The first-order valence-corrected chi connectivity index (χ1v) is 7.65. The number of hydrogen-bond donors (Lipinski definition) is 2. The SMILES string of the molecule is CC(OC(=O)c1n[nH]c2ccccc12)C(=O)Nc1cccc([N+](=O)[O-])c1. The quantitative estimate of drug-likeness (QED) is 0.412. The molecule has 0 aliphatic rings. The van der Waals surface area contributed by atoms with E-state index < -0.39 is 22.9 Å². The van der Waals surface area contributed by atoms with Gasteiger partial charge in [-0.1, -0.05) is 24.3 Å². The van der Waals surface area contributed by atoms with E-state index in [0.29, 0.717) is 10.9 Å². The Labute approximate surface area is 147 Å². The number of fused-ring (bicyclic) bond motifs is 1. The van der Waals surface area contributed by atoms with Gasteiger partial charge in [-0.2, -0.15) is 5.10 Å². The number of anilines is 1. The molecule has 0 saturated heterocycles. The number of H-pyrrole nitrogens is 1. The normalized spacial score (nSPS) is 11.7. The van der Waals surface area contributed by atoms with Crippen molar-refractivity contribution in [1.82, 2.24) is 10.2 Å². The molecule has 1 atom stereocenters. The molecule has 0 aliphatic heterocycles. The van der Waals surface area contributed by atoms with Crippen LogP contribution in [-0.2, 0) is 9.53 Å². The van der Waals surface area contributed by atoms with Crippen LogP contribution < -0.4 is 5.32 Å². The summed E-state index contributed by atoms with van der Waals surface area (Å²) in [7, 11) is 0. The van der Waals surface area contributed by atoms with Gasteiger partial charge in [0, 0.05) is 23.2 Å². The highest BCUT2D eigenvalue weighted by molar-refractivity contribution is 6.03. The molecular formula is C17H14N4O5. The second kappa shape index (κ2) is 7.01. The highest BCUT2D eigenvalue weighted by Gasteiger charge is 2.22. The third-order valence-electron chi connectivity index (χ3n) is 3.64. The van der Waals surface area contributed by atoms with Crippen molar-refractivity contribution in [3.05, 3.63) is 64.3 Å². The predicted molar refractivity (Wildman–Crippen MR) is 92.7 cm³/mol. The molecule has 1 unspecified atom stereocenters. The van der Waals surface area contributed by atoms with Crippen LogP contribution >= 0.6 is 0 Å². The molecule has 2 aromatic carbocycles. The van der Waals surface area contributed by atoms with Crippen LogP contribution in [0.3, 0.4) is 0 Å². The van der Waals surface area contributed by atoms with Gasteiger partial charge >= 0.3 is 5.97 Å². The van der Waals surface area contributed by atoms with Crippen LogP contribution in [0, 0.1) is 10.1 Å². The molecule has 9 heteroatoms. The first kappa shape index (κ1) is 17.1. The molecule has 3 aromatic rings. The second-order valence-corrected chi connectivity index (χ2v) is 5.46. The molecule has 1 aromatic heterocycles. The molecule has 9 nitrogen and oxygen atoms in total. The van der Waals surface area contributed by atoms with Crippen LogP contribution in [0.2, 0.25) is 0 Å². The average molecular weight is 354 g/mol. The highest BCUT2D eigenvalue weighted by Crippen LogP contribution is 2.19. The fourth-order valence-electron chi connectivity index (χ4n) is 2.33. The number of non-ortho nitro benzene ring substituents is 1. The van der Waals surface area contributed by atoms with E-state index in [4.69, 9.17) is 4.74 Å². The van der Waals surface area contributed by atoms with Gasteiger partial charge in [-0.15, -0.1) is 0 Å². The number of nitrogens with zero attached hydrogens (tertiary/aromatic N) is 2. The minimum Gasteiger partial charge on any atom is -0.448 e. The maximum atomic E-state index is 12.3. The number of nitrogens with one attached hydrogen (secondary N) is 2. The van der Waals surface area contributed by atoms with Crippen LogP contribution in [0.4, 0.5) is 11.4 Å². The molecule has 3 rings (SSSR count). The van der Waals surface area contributed by atoms with E-state index >= 15 is 0 Å². The number of nitro groups is 1. The number of para-hydroxylation sites is 1. The van der Waals surface area contributed by atoms with Crippen molar-refractivity contribution >= 4 is 34.2 Å². The number of esters is 1. The Hall–Kier alpha value is -3.75. The molecule has 0 bridgehead atoms. The fourth-order valence-corrected chi connectivity index (χ4v) is 2.33. The number of rotatable bonds is 5. The summed E-state index contributed by atoms with van der Waals surface area (Å²) in [6.45, 7) is 1.40. The third-order valence-corrected chi connectivity index (χ3v) is 3.64. The van der Waals surface area contributed by atoms with E-state index in [-0.39, 0.29) is 17.1 Å². The smallest absolute Gasteiger partial charge is 0.360 e.